The molecule has 3 heterocycles. The lowest BCUT2D eigenvalue weighted by Crippen LogP contribution is -2.36. The topological polar surface area (TPSA) is 229 Å². The van der Waals surface area contributed by atoms with E-state index in [-0.39, 0.29) is 40.3 Å². The van der Waals surface area contributed by atoms with Crippen LogP contribution in [0.25, 0.3) is 11.5 Å². The number of anilines is 1. The highest BCUT2D eigenvalue weighted by Crippen LogP contribution is 2.40. The molecule has 0 spiro atoms. The molecule has 5 rings (SSSR count). The third-order valence-electron chi connectivity index (χ3n) is 8.47. The number of carbonyl (C=O) groups excluding carboxylic acids is 1. The molecule has 2 aliphatic rings. The zero-order chi connectivity index (χ0) is 41.3. The summed E-state index contributed by atoms with van der Waals surface area (Å²) in [6.45, 7) is -1.18. The Balaban J connectivity index is 1.61. The Morgan fingerprint density at radius 3 is 2.26 bits per heavy atom. The molecule has 57 heavy (non-hydrogen) atoms. The Labute approximate surface area is 336 Å². The molecule has 0 saturated carbocycles. The van der Waals surface area contributed by atoms with Crippen LogP contribution in [-0.4, -0.2) is 102 Å². The van der Waals surface area contributed by atoms with Gasteiger partial charge < -0.3 is 29.0 Å². The lowest BCUT2D eigenvalue weighted by atomic mass is 10.0. The molecule has 0 aliphatic carbocycles. The summed E-state index contributed by atoms with van der Waals surface area (Å²) in [5.74, 6) is -2.50. The summed E-state index contributed by atoms with van der Waals surface area (Å²) in [6, 6.07) is 16.9. The first-order valence-electron chi connectivity index (χ1n) is 17.3. The smallest absolute Gasteiger partial charge is 0.329 e. The van der Waals surface area contributed by atoms with Crippen molar-refractivity contribution in [1.82, 2.24) is 9.47 Å². The average molecular weight is 866 g/mol. The first kappa shape index (κ1) is 43.2. The maximum Gasteiger partial charge on any atom is 0.329 e. The molecular formula is C36H39N3O14S4. The molecule has 1 aromatic heterocycles. The number of methoxy groups -OCH3 is 1. The number of para-hydroxylation sites is 2. The van der Waals surface area contributed by atoms with Crippen molar-refractivity contribution in [3.8, 4) is 5.75 Å². The number of nitrogens with zero attached hydrogens (tertiary/aromatic N) is 3. The van der Waals surface area contributed by atoms with Crippen LogP contribution in [0.5, 0.6) is 5.75 Å². The van der Waals surface area contributed by atoms with Gasteiger partial charge in [0.05, 0.1) is 37.5 Å². The second-order valence-corrected chi connectivity index (χ2v) is 17.0. The predicted molar refractivity (Wildman–Crippen MR) is 213 cm³/mol. The molecule has 0 unspecified atom stereocenters. The molecule has 0 atom stereocenters. The summed E-state index contributed by atoms with van der Waals surface area (Å²) in [5, 5.41) is 8.62. The fraction of sp³-hybridized carbons (Fsp3) is 0.333. The zero-order valence-electron chi connectivity index (χ0n) is 30.4. The van der Waals surface area contributed by atoms with Gasteiger partial charge in [0.15, 0.2) is 5.75 Å². The van der Waals surface area contributed by atoms with E-state index in [4.69, 9.17) is 40.8 Å². The van der Waals surface area contributed by atoms with Gasteiger partial charge in [-0.05, 0) is 54.9 Å². The van der Waals surface area contributed by atoms with Gasteiger partial charge in [0.1, 0.15) is 21.6 Å². The largest absolute Gasteiger partial charge is 0.495 e. The lowest BCUT2D eigenvalue weighted by molar-refractivity contribution is -0.142. The van der Waals surface area contributed by atoms with Gasteiger partial charge in [-0.3, -0.25) is 28.2 Å². The van der Waals surface area contributed by atoms with E-state index in [1.807, 2.05) is 59.5 Å². The van der Waals surface area contributed by atoms with Crippen LogP contribution in [0.3, 0.4) is 0 Å². The number of benzene rings is 2. The second-order valence-electron chi connectivity index (χ2n) is 12.5. The number of carboxylic acid groups (broad SMARTS) is 1. The van der Waals surface area contributed by atoms with Crippen molar-refractivity contribution in [1.29, 1.82) is 0 Å². The minimum absolute atomic E-state index is 0.0172. The fourth-order valence-corrected chi connectivity index (χ4v) is 8.23. The van der Waals surface area contributed by atoms with Crippen molar-refractivity contribution in [3.05, 3.63) is 103 Å². The van der Waals surface area contributed by atoms with Gasteiger partial charge in [-0.2, -0.15) is 16.8 Å². The van der Waals surface area contributed by atoms with Crippen molar-refractivity contribution >= 4 is 78.0 Å². The summed E-state index contributed by atoms with van der Waals surface area (Å²) in [7, 11) is -7.21. The number of fused-ring (bicyclic) bond motifs is 1. The molecule has 3 N–H and O–H groups in total. The molecule has 1 fully saturated rings. The van der Waals surface area contributed by atoms with E-state index in [1.54, 1.807) is 12.2 Å². The average Bonchev–Trinajstić information content (AvgIpc) is 3.78. The molecule has 3 aromatic rings. The van der Waals surface area contributed by atoms with E-state index in [0.717, 1.165) is 32.1 Å². The minimum Gasteiger partial charge on any atom is -0.495 e. The number of thiazole rings is 1. The molecule has 1 saturated heterocycles. The summed E-state index contributed by atoms with van der Waals surface area (Å²) >= 11 is 5.98. The highest BCUT2D eigenvalue weighted by molar-refractivity contribution is 7.86. The van der Waals surface area contributed by atoms with Crippen molar-refractivity contribution in [2.75, 3.05) is 49.8 Å². The number of unbranched alkanes of at least 4 members (excludes halogenated alkanes) is 2. The van der Waals surface area contributed by atoms with E-state index in [2.05, 4.69) is 0 Å². The van der Waals surface area contributed by atoms with Crippen molar-refractivity contribution < 1.29 is 59.6 Å². The molecular weight excluding hydrogens is 827 g/mol. The number of ether oxygens (including phenoxy) is 4. The van der Waals surface area contributed by atoms with Gasteiger partial charge in [0.2, 0.25) is 11.6 Å². The Hall–Kier alpha value is -4.90. The molecule has 0 radical (unpaired) electrons. The van der Waals surface area contributed by atoms with Gasteiger partial charge in [-0.25, -0.2) is 4.79 Å². The normalized spacial score (nSPS) is 16.8. The summed E-state index contributed by atoms with van der Waals surface area (Å²) in [5.41, 5.74) is 1.75. The first-order chi connectivity index (χ1) is 27.1. The number of hydrogen-bond donors (Lipinski definition) is 3. The summed E-state index contributed by atoms with van der Waals surface area (Å²) in [4.78, 5) is 41.4. The molecule has 1 amide bonds. The maximum absolute atomic E-state index is 14.1. The van der Waals surface area contributed by atoms with Crippen LogP contribution >= 0.6 is 23.6 Å². The van der Waals surface area contributed by atoms with Crippen LogP contribution in [0.2, 0.25) is 0 Å². The number of rotatable bonds is 19. The van der Waals surface area contributed by atoms with Crippen LogP contribution in [-0.2, 0) is 57.0 Å². The Kier molecular flexibility index (Phi) is 14.4. The SMILES string of the molecule is COC(C=CC(Cc1ccccc1)=C1Oc2ccccc2N1CCCCCS(=O)(=O)O)=c1s/c(=C2/OC(=S)N(CCS(=O)(=O)O)C2=O)n(CCOCC(=O)O)c1=O. The van der Waals surface area contributed by atoms with E-state index in [0.29, 0.717) is 43.0 Å². The van der Waals surface area contributed by atoms with E-state index < -0.39 is 67.5 Å². The van der Waals surface area contributed by atoms with Gasteiger partial charge in [-0.1, -0.05) is 48.9 Å². The molecule has 0 bridgehead atoms. The highest BCUT2D eigenvalue weighted by atomic mass is 32.2. The standard InChI is InChI=1S/C36H39N3O14S4/c1-50-28(31-33(43)38(17-19-51-23-29(40)41)35(55-31)30-32(42)39(36(54)53-30)18-21-57(47,48)49)15-14-25(22-24-10-4-2-5-11-24)34-37(16-8-3-9-20-56(44,45)46)26-12-6-7-13-27(26)52-34/h2,4-7,10-15H,3,8-9,16-23H2,1H3,(H,40,41)(H,44,45,46)(H,47,48,49)/b15-14?,31-28?,34-25?,35-30+. The fourth-order valence-electron chi connectivity index (χ4n) is 5.84. The second kappa shape index (κ2) is 19.0. The molecule has 2 aliphatic heterocycles. The van der Waals surface area contributed by atoms with Crippen LogP contribution in [0.15, 0.2) is 83.0 Å². The number of thiocarbonyl (C=S) groups is 1. The number of carboxylic acids is 1. The van der Waals surface area contributed by atoms with E-state index >= 15 is 0 Å². The summed E-state index contributed by atoms with van der Waals surface area (Å²) in [6.07, 6.45) is 5.02. The number of carbonyl (C=O) groups is 2. The Morgan fingerprint density at radius 2 is 1.58 bits per heavy atom. The molecule has 21 heteroatoms. The monoisotopic (exact) mass is 865 g/mol. The van der Waals surface area contributed by atoms with Gasteiger partial charge in [-0.15, -0.1) is 11.3 Å². The van der Waals surface area contributed by atoms with Crippen LogP contribution in [0.1, 0.15) is 24.8 Å². The zero-order valence-corrected chi connectivity index (χ0v) is 33.7. The maximum atomic E-state index is 14.1. The van der Waals surface area contributed by atoms with Gasteiger partial charge in [0, 0.05) is 25.1 Å². The summed E-state index contributed by atoms with van der Waals surface area (Å²) < 4.78 is 87.7. The Morgan fingerprint density at radius 1 is 0.877 bits per heavy atom. The molecule has 306 valence electrons. The van der Waals surface area contributed by atoms with Crippen molar-refractivity contribution in [2.24, 2.45) is 0 Å². The number of aliphatic carboxylic acids is 1. The van der Waals surface area contributed by atoms with Crippen LogP contribution in [0.4, 0.5) is 5.69 Å². The Bertz CT molecular complexity index is 2480. The van der Waals surface area contributed by atoms with Gasteiger partial charge >= 0.3 is 5.97 Å². The highest BCUT2D eigenvalue weighted by Gasteiger charge is 2.36. The van der Waals surface area contributed by atoms with E-state index in [9.17, 15) is 35.8 Å². The number of hydrogen-bond acceptors (Lipinski definition) is 14. The van der Waals surface area contributed by atoms with E-state index in [1.165, 1.54) is 7.11 Å². The first-order valence-corrected chi connectivity index (χ1v) is 21.8. The quantitative estimate of drug-likeness (QED) is 0.0888. The lowest BCUT2D eigenvalue weighted by Gasteiger charge is -2.21. The third-order valence-corrected chi connectivity index (χ3v) is 11.5. The van der Waals surface area contributed by atoms with Crippen molar-refractivity contribution in [2.45, 2.75) is 32.2 Å². The number of aromatic nitrogens is 1. The molecule has 17 nitrogen and oxygen atoms in total. The van der Waals surface area contributed by atoms with Gasteiger partial charge in [0.25, 0.3) is 36.9 Å². The number of amides is 1. The minimum atomic E-state index is -4.47. The van der Waals surface area contributed by atoms with Crippen LogP contribution in [0, 0.1) is 0 Å². The van der Waals surface area contributed by atoms with Crippen LogP contribution < -0.4 is 24.4 Å². The number of allylic oxidation sites excluding steroid dienone is 2. The third kappa shape index (κ3) is 11.6. The molecule has 2 aromatic carbocycles. The predicted octanol–water partition coefficient (Wildman–Crippen LogP) is 1.87. The van der Waals surface area contributed by atoms with Crippen molar-refractivity contribution in [3.63, 3.8) is 0 Å².